The van der Waals surface area contributed by atoms with E-state index >= 15 is 0 Å². The Bertz CT molecular complexity index is 781. The van der Waals surface area contributed by atoms with Gasteiger partial charge in [-0.05, 0) is 61.1 Å². The minimum Gasteiger partial charge on any atom is -0.478 e. The number of carbonyl (C=O) groups is 1. The molecule has 3 rings (SSSR count). The van der Waals surface area contributed by atoms with E-state index in [0.717, 1.165) is 37.7 Å². The average molecular weight is 413 g/mol. The number of aliphatic hydroxyl groups is 2. The van der Waals surface area contributed by atoms with Gasteiger partial charge in [-0.15, -0.1) is 0 Å². The molecular formula is C26H36O4. The lowest BCUT2D eigenvalue weighted by Crippen LogP contribution is -2.18. The van der Waals surface area contributed by atoms with Crippen molar-refractivity contribution < 1.29 is 20.1 Å². The van der Waals surface area contributed by atoms with Crippen molar-refractivity contribution >= 4 is 5.97 Å². The monoisotopic (exact) mass is 412 g/mol. The van der Waals surface area contributed by atoms with Crippen LogP contribution in [0.3, 0.4) is 0 Å². The van der Waals surface area contributed by atoms with Gasteiger partial charge >= 0.3 is 5.97 Å². The van der Waals surface area contributed by atoms with Gasteiger partial charge in [0, 0.05) is 5.92 Å². The number of rotatable bonds is 10. The summed E-state index contributed by atoms with van der Waals surface area (Å²) in [7, 11) is 0. The van der Waals surface area contributed by atoms with E-state index in [9.17, 15) is 20.1 Å². The number of unbranched alkanes of at least 4 members (excludes halogenated alkanes) is 1. The molecule has 6 atom stereocenters. The van der Waals surface area contributed by atoms with Gasteiger partial charge in [0.25, 0.3) is 0 Å². The van der Waals surface area contributed by atoms with Gasteiger partial charge in [0.2, 0.25) is 0 Å². The summed E-state index contributed by atoms with van der Waals surface area (Å²) in [4.78, 5) is 11.2. The zero-order valence-electron chi connectivity index (χ0n) is 18.2. The number of hydrogen-bond donors (Lipinski definition) is 3. The maximum absolute atomic E-state index is 11.2. The highest BCUT2D eigenvalue weighted by Gasteiger charge is 2.43. The molecule has 2 aliphatic carbocycles. The molecule has 2 aliphatic rings. The molecule has 4 nitrogen and oxygen atoms in total. The standard InChI is InChI=1S/C26H36O4/c1-3-4-6-17(2)11-22(27)9-10-23-24-15-19(14-21(24)16-25(23)28)12-18-7-5-8-20(13-18)26(29)30/h5,7-10,13-14,17,21-25,27-28H,3-4,6,11-12,15-16H2,1-2H3,(H,29,30)/b10-9+/t17-,21-,22+,23+,24-,25+/m0/s1. The first-order valence-corrected chi connectivity index (χ1v) is 11.4. The van der Waals surface area contributed by atoms with Crippen LogP contribution in [0.2, 0.25) is 0 Å². The SMILES string of the molecule is CCCC[C@H](C)C[C@H](O)/C=C/[C@@H]1[C@H]2CC(Cc3cccc(C(=O)O)c3)=C[C@H]2C[C@H]1O. The minimum absolute atomic E-state index is 0.0784. The van der Waals surface area contributed by atoms with Crippen molar-refractivity contribution in [3.05, 3.63) is 59.2 Å². The summed E-state index contributed by atoms with van der Waals surface area (Å²) in [6, 6.07) is 7.14. The molecule has 1 saturated carbocycles. The number of fused-ring (bicyclic) bond motifs is 1. The summed E-state index contributed by atoms with van der Waals surface area (Å²) in [5.41, 5.74) is 2.67. The molecule has 0 aliphatic heterocycles. The quantitative estimate of drug-likeness (QED) is 0.472. The fourth-order valence-electron chi connectivity index (χ4n) is 5.23. The average Bonchev–Trinajstić information content (AvgIpc) is 3.20. The third kappa shape index (κ3) is 5.83. The zero-order chi connectivity index (χ0) is 21.7. The maximum atomic E-state index is 11.2. The number of benzene rings is 1. The number of hydrogen-bond acceptors (Lipinski definition) is 3. The van der Waals surface area contributed by atoms with Crippen LogP contribution in [0.15, 0.2) is 48.1 Å². The lowest BCUT2D eigenvalue weighted by atomic mass is 9.88. The summed E-state index contributed by atoms with van der Waals surface area (Å²) in [5, 5.41) is 30.1. The molecule has 0 saturated heterocycles. The first-order chi connectivity index (χ1) is 14.4. The van der Waals surface area contributed by atoms with E-state index in [2.05, 4.69) is 19.9 Å². The third-order valence-electron chi connectivity index (χ3n) is 6.80. The smallest absolute Gasteiger partial charge is 0.335 e. The number of aromatic carboxylic acids is 1. The van der Waals surface area contributed by atoms with Gasteiger partial charge in [-0.2, -0.15) is 0 Å². The van der Waals surface area contributed by atoms with Crippen molar-refractivity contribution in [2.24, 2.45) is 23.7 Å². The predicted molar refractivity (Wildman–Crippen MR) is 119 cm³/mol. The molecule has 0 aromatic heterocycles. The molecule has 0 bridgehead atoms. The number of carboxylic acid groups (broad SMARTS) is 1. The van der Waals surface area contributed by atoms with Crippen LogP contribution < -0.4 is 0 Å². The second-order valence-electron chi connectivity index (χ2n) is 9.35. The van der Waals surface area contributed by atoms with Gasteiger partial charge in [0.1, 0.15) is 0 Å². The van der Waals surface area contributed by atoms with Crippen LogP contribution in [0, 0.1) is 23.7 Å². The molecular weight excluding hydrogens is 376 g/mol. The van der Waals surface area contributed by atoms with Crippen LogP contribution in [-0.2, 0) is 6.42 Å². The van der Waals surface area contributed by atoms with Gasteiger partial charge in [-0.1, -0.05) is 69.0 Å². The van der Waals surface area contributed by atoms with Crippen LogP contribution >= 0.6 is 0 Å². The Balaban J connectivity index is 1.57. The molecule has 0 amide bonds. The number of allylic oxidation sites excluding steroid dienone is 2. The fraction of sp³-hybridized carbons (Fsp3) is 0.577. The first-order valence-electron chi connectivity index (χ1n) is 11.4. The van der Waals surface area contributed by atoms with E-state index in [-0.39, 0.29) is 12.0 Å². The Labute approximate surface area is 180 Å². The molecule has 0 radical (unpaired) electrons. The Morgan fingerprint density at radius 1 is 1.33 bits per heavy atom. The highest BCUT2D eigenvalue weighted by Crippen LogP contribution is 2.48. The molecule has 30 heavy (non-hydrogen) atoms. The van der Waals surface area contributed by atoms with Crippen molar-refractivity contribution in [2.45, 2.75) is 71.0 Å². The van der Waals surface area contributed by atoms with Gasteiger partial charge in [0.15, 0.2) is 0 Å². The van der Waals surface area contributed by atoms with Crippen molar-refractivity contribution in [3.63, 3.8) is 0 Å². The van der Waals surface area contributed by atoms with E-state index in [4.69, 9.17) is 0 Å². The number of carboxylic acids is 1. The normalized spacial score (nSPS) is 27.8. The molecule has 3 N–H and O–H groups in total. The van der Waals surface area contributed by atoms with Gasteiger partial charge in [0.05, 0.1) is 17.8 Å². The van der Waals surface area contributed by atoms with Crippen molar-refractivity contribution in [1.82, 2.24) is 0 Å². The Morgan fingerprint density at radius 2 is 2.13 bits per heavy atom. The van der Waals surface area contributed by atoms with Crippen molar-refractivity contribution in [1.29, 1.82) is 0 Å². The molecule has 164 valence electrons. The van der Waals surface area contributed by atoms with E-state index in [1.807, 2.05) is 18.2 Å². The highest BCUT2D eigenvalue weighted by atomic mass is 16.4. The zero-order valence-corrected chi connectivity index (χ0v) is 18.2. The van der Waals surface area contributed by atoms with Gasteiger partial charge in [-0.25, -0.2) is 4.79 Å². The topological polar surface area (TPSA) is 77.8 Å². The molecule has 1 fully saturated rings. The summed E-state index contributed by atoms with van der Waals surface area (Å²) in [6.07, 6.45) is 12.2. The summed E-state index contributed by atoms with van der Waals surface area (Å²) in [5.74, 6) is 0.429. The van der Waals surface area contributed by atoms with Crippen molar-refractivity contribution in [3.8, 4) is 0 Å². The van der Waals surface area contributed by atoms with E-state index in [0.29, 0.717) is 23.3 Å². The van der Waals surface area contributed by atoms with Crippen LogP contribution in [0.4, 0.5) is 0 Å². The lowest BCUT2D eigenvalue weighted by Gasteiger charge is -2.19. The number of aliphatic hydroxyl groups excluding tert-OH is 2. The van der Waals surface area contributed by atoms with E-state index in [1.165, 1.54) is 18.4 Å². The Morgan fingerprint density at radius 3 is 2.87 bits per heavy atom. The minimum atomic E-state index is -0.898. The second kappa shape index (κ2) is 10.4. The molecule has 4 heteroatoms. The van der Waals surface area contributed by atoms with Gasteiger partial charge < -0.3 is 15.3 Å². The molecule has 0 unspecified atom stereocenters. The molecule has 0 spiro atoms. The molecule has 1 aromatic rings. The summed E-state index contributed by atoms with van der Waals surface area (Å²) < 4.78 is 0. The molecule has 1 aromatic carbocycles. The first kappa shape index (κ1) is 22.8. The highest BCUT2D eigenvalue weighted by molar-refractivity contribution is 5.87. The maximum Gasteiger partial charge on any atom is 0.335 e. The van der Waals surface area contributed by atoms with Crippen LogP contribution in [-0.4, -0.2) is 33.5 Å². The molecule has 0 heterocycles. The van der Waals surface area contributed by atoms with Crippen LogP contribution in [0.1, 0.15) is 68.3 Å². The Hall–Kier alpha value is -1.91. The third-order valence-corrected chi connectivity index (χ3v) is 6.80. The van der Waals surface area contributed by atoms with Gasteiger partial charge in [-0.3, -0.25) is 0 Å². The van der Waals surface area contributed by atoms with Crippen LogP contribution in [0.25, 0.3) is 0 Å². The second-order valence-corrected chi connectivity index (χ2v) is 9.35. The largest absolute Gasteiger partial charge is 0.478 e. The van der Waals surface area contributed by atoms with Crippen LogP contribution in [0.5, 0.6) is 0 Å². The van der Waals surface area contributed by atoms with Crippen molar-refractivity contribution in [2.75, 3.05) is 0 Å². The van der Waals surface area contributed by atoms with E-state index < -0.39 is 12.1 Å². The fourth-order valence-corrected chi connectivity index (χ4v) is 5.23. The van der Waals surface area contributed by atoms with E-state index in [1.54, 1.807) is 18.2 Å². The summed E-state index contributed by atoms with van der Waals surface area (Å²) in [6.45, 7) is 4.38. The predicted octanol–water partition coefficient (Wildman–Crippen LogP) is 5.00. The Kier molecular flexibility index (Phi) is 7.90. The summed E-state index contributed by atoms with van der Waals surface area (Å²) >= 11 is 0. The lowest BCUT2D eigenvalue weighted by molar-refractivity contribution is 0.0696.